The van der Waals surface area contributed by atoms with E-state index < -0.39 is 0 Å². The van der Waals surface area contributed by atoms with Gasteiger partial charge < -0.3 is 25.2 Å². The van der Waals surface area contributed by atoms with Gasteiger partial charge in [-0.25, -0.2) is 0 Å². The smallest absolute Gasteiger partial charge is 0.232 e. The normalized spacial score (nSPS) is 18.0. The van der Waals surface area contributed by atoms with Gasteiger partial charge >= 0.3 is 0 Å². The van der Waals surface area contributed by atoms with Crippen molar-refractivity contribution in [1.82, 2.24) is 15.3 Å². The summed E-state index contributed by atoms with van der Waals surface area (Å²) in [4.78, 5) is 14.2. The van der Waals surface area contributed by atoms with Crippen LogP contribution in [0.1, 0.15) is 37.8 Å². The Balaban J connectivity index is 1.51. The standard InChI is InChI=1S/C22H30N6OS/c1-17(18-8-4-2-5-9-18)23-22(30)26-21-24-19(27-10-6-3-7-11-27)16-20(25-21)28-12-14-29-15-13-28/h2,4-5,8-9,16-17H,3,6-7,10-15H2,1H3,(H2,23,24,25,26,30). The van der Waals surface area contributed by atoms with E-state index >= 15 is 0 Å². The highest BCUT2D eigenvalue weighted by atomic mass is 32.1. The van der Waals surface area contributed by atoms with E-state index in [0.717, 1.165) is 51.0 Å². The van der Waals surface area contributed by atoms with Gasteiger partial charge in [-0.1, -0.05) is 30.3 Å². The number of hydrogen-bond acceptors (Lipinski definition) is 6. The molecule has 0 aliphatic carbocycles. The van der Waals surface area contributed by atoms with Crippen molar-refractivity contribution in [2.45, 2.75) is 32.2 Å². The fourth-order valence-electron chi connectivity index (χ4n) is 3.88. The fraction of sp³-hybridized carbons (Fsp3) is 0.500. The summed E-state index contributed by atoms with van der Waals surface area (Å²) >= 11 is 5.56. The molecule has 2 aliphatic rings. The molecular weight excluding hydrogens is 396 g/mol. The molecule has 0 spiro atoms. The quantitative estimate of drug-likeness (QED) is 0.706. The summed E-state index contributed by atoms with van der Waals surface area (Å²) in [5, 5.41) is 7.07. The van der Waals surface area contributed by atoms with Crippen LogP contribution in [0.25, 0.3) is 0 Å². The lowest BCUT2D eigenvalue weighted by atomic mass is 10.1. The number of hydrogen-bond donors (Lipinski definition) is 2. The van der Waals surface area contributed by atoms with Crippen LogP contribution in [0.2, 0.25) is 0 Å². The molecule has 160 valence electrons. The van der Waals surface area contributed by atoms with E-state index in [1.54, 1.807) is 0 Å². The van der Waals surface area contributed by atoms with Crippen molar-refractivity contribution in [3.05, 3.63) is 42.0 Å². The summed E-state index contributed by atoms with van der Waals surface area (Å²) < 4.78 is 5.51. The molecule has 1 unspecified atom stereocenters. The molecule has 30 heavy (non-hydrogen) atoms. The number of thiocarbonyl (C=S) groups is 1. The topological polar surface area (TPSA) is 65.6 Å². The number of ether oxygens (including phenoxy) is 1. The number of piperidine rings is 1. The lowest BCUT2D eigenvalue weighted by molar-refractivity contribution is 0.122. The number of nitrogens with zero attached hydrogens (tertiary/aromatic N) is 4. The summed E-state index contributed by atoms with van der Waals surface area (Å²) in [7, 11) is 0. The first-order chi connectivity index (χ1) is 14.7. The zero-order valence-corrected chi connectivity index (χ0v) is 18.3. The summed E-state index contributed by atoms with van der Waals surface area (Å²) in [6.07, 6.45) is 3.69. The molecule has 1 atom stereocenters. The SMILES string of the molecule is CC(NC(=S)Nc1nc(N2CCCCC2)cc(N2CCOCC2)n1)c1ccccc1. The average molecular weight is 427 g/mol. The van der Waals surface area contributed by atoms with Crippen molar-refractivity contribution in [1.29, 1.82) is 0 Å². The number of aromatic nitrogens is 2. The van der Waals surface area contributed by atoms with Gasteiger partial charge in [-0.15, -0.1) is 0 Å². The highest BCUT2D eigenvalue weighted by molar-refractivity contribution is 7.80. The summed E-state index contributed by atoms with van der Waals surface area (Å²) in [5.41, 5.74) is 1.18. The maximum Gasteiger partial charge on any atom is 0.232 e. The zero-order valence-electron chi connectivity index (χ0n) is 17.5. The Kier molecular flexibility index (Phi) is 6.96. The molecule has 2 saturated heterocycles. The highest BCUT2D eigenvalue weighted by Gasteiger charge is 2.19. The molecule has 0 radical (unpaired) electrons. The highest BCUT2D eigenvalue weighted by Crippen LogP contribution is 2.24. The Morgan fingerprint density at radius 3 is 2.27 bits per heavy atom. The van der Waals surface area contributed by atoms with Crippen LogP contribution in [0, 0.1) is 0 Å². The first-order valence-electron chi connectivity index (χ1n) is 10.8. The molecule has 7 nitrogen and oxygen atoms in total. The van der Waals surface area contributed by atoms with Gasteiger partial charge in [-0.3, -0.25) is 0 Å². The van der Waals surface area contributed by atoms with E-state index in [0.29, 0.717) is 11.1 Å². The van der Waals surface area contributed by atoms with Crippen molar-refractivity contribution in [2.24, 2.45) is 0 Å². The predicted octanol–water partition coefficient (Wildman–Crippen LogP) is 3.35. The minimum absolute atomic E-state index is 0.0928. The number of anilines is 3. The van der Waals surface area contributed by atoms with Crippen LogP contribution in [0.5, 0.6) is 0 Å². The molecule has 3 heterocycles. The van der Waals surface area contributed by atoms with Crippen LogP contribution in [0.4, 0.5) is 17.6 Å². The van der Waals surface area contributed by atoms with Gasteiger partial charge in [0.05, 0.1) is 19.3 Å². The summed E-state index contributed by atoms with van der Waals surface area (Å²) in [5.74, 6) is 2.43. The van der Waals surface area contributed by atoms with Crippen molar-refractivity contribution in [3.8, 4) is 0 Å². The molecular formula is C22H30N6OS. The van der Waals surface area contributed by atoms with Gasteiger partial charge in [0.15, 0.2) is 5.11 Å². The number of rotatable bonds is 5. The predicted molar refractivity (Wildman–Crippen MR) is 125 cm³/mol. The molecule has 8 heteroatoms. The first kappa shape index (κ1) is 20.8. The number of morpholine rings is 1. The van der Waals surface area contributed by atoms with Crippen molar-refractivity contribution < 1.29 is 4.74 Å². The molecule has 1 aromatic carbocycles. The van der Waals surface area contributed by atoms with Gasteiger partial charge in [-0.2, -0.15) is 9.97 Å². The Labute approximate surface area is 183 Å². The second kappa shape index (κ2) is 10.0. The molecule has 0 saturated carbocycles. The van der Waals surface area contributed by atoms with Crippen LogP contribution in [-0.4, -0.2) is 54.5 Å². The van der Waals surface area contributed by atoms with E-state index in [1.807, 2.05) is 18.2 Å². The van der Waals surface area contributed by atoms with E-state index in [9.17, 15) is 0 Å². The zero-order chi connectivity index (χ0) is 20.8. The third-order valence-corrected chi connectivity index (χ3v) is 5.81. The van der Waals surface area contributed by atoms with E-state index in [1.165, 1.54) is 24.8 Å². The van der Waals surface area contributed by atoms with Crippen molar-refractivity contribution in [2.75, 3.05) is 54.5 Å². The Hall–Kier alpha value is -2.45. The van der Waals surface area contributed by atoms with Crippen LogP contribution >= 0.6 is 12.2 Å². The Morgan fingerprint density at radius 2 is 1.60 bits per heavy atom. The number of benzene rings is 1. The lowest BCUT2D eigenvalue weighted by Gasteiger charge is -2.31. The average Bonchev–Trinajstić information content (AvgIpc) is 2.80. The van der Waals surface area contributed by atoms with Crippen LogP contribution in [-0.2, 0) is 4.74 Å². The minimum atomic E-state index is 0.0928. The molecule has 2 N–H and O–H groups in total. The van der Waals surface area contributed by atoms with Gasteiger partial charge in [0.1, 0.15) is 11.6 Å². The van der Waals surface area contributed by atoms with Gasteiger partial charge in [0.2, 0.25) is 5.95 Å². The molecule has 2 aliphatic heterocycles. The number of nitrogens with one attached hydrogen (secondary N) is 2. The van der Waals surface area contributed by atoms with E-state index in [-0.39, 0.29) is 6.04 Å². The lowest BCUT2D eigenvalue weighted by Crippen LogP contribution is -2.38. The molecule has 2 aromatic rings. The van der Waals surface area contributed by atoms with Crippen LogP contribution < -0.4 is 20.4 Å². The van der Waals surface area contributed by atoms with E-state index in [2.05, 4.69) is 45.6 Å². The second-order valence-electron chi connectivity index (χ2n) is 7.79. The van der Waals surface area contributed by atoms with Crippen molar-refractivity contribution >= 4 is 34.9 Å². The largest absolute Gasteiger partial charge is 0.378 e. The fourth-order valence-corrected chi connectivity index (χ4v) is 4.14. The third kappa shape index (κ3) is 5.37. The van der Waals surface area contributed by atoms with Gasteiger partial charge in [0, 0.05) is 32.2 Å². The Bertz CT molecular complexity index is 801. The summed E-state index contributed by atoms with van der Waals surface area (Å²) in [6, 6.07) is 12.4. The third-order valence-electron chi connectivity index (χ3n) is 5.59. The molecule has 0 bridgehead atoms. The molecule has 1 aromatic heterocycles. The minimum Gasteiger partial charge on any atom is -0.378 e. The maximum absolute atomic E-state index is 5.56. The summed E-state index contributed by atoms with van der Waals surface area (Å²) in [6.45, 7) is 7.28. The molecule has 0 amide bonds. The van der Waals surface area contributed by atoms with Gasteiger partial charge in [0.25, 0.3) is 0 Å². The maximum atomic E-state index is 5.56. The van der Waals surface area contributed by atoms with Crippen molar-refractivity contribution in [3.63, 3.8) is 0 Å². The van der Waals surface area contributed by atoms with Crippen LogP contribution in [0.3, 0.4) is 0 Å². The van der Waals surface area contributed by atoms with E-state index in [4.69, 9.17) is 26.9 Å². The Morgan fingerprint density at radius 1 is 0.967 bits per heavy atom. The molecule has 2 fully saturated rings. The molecule has 4 rings (SSSR count). The monoisotopic (exact) mass is 426 g/mol. The first-order valence-corrected chi connectivity index (χ1v) is 11.2. The second-order valence-corrected chi connectivity index (χ2v) is 8.19. The van der Waals surface area contributed by atoms with Crippen LogP contribution in [0.15, 0.2) is 36.4 Å². The van der Waals surface area contributed by atoms with Gasteiger partial charge in [-0.05, 0) is 44.0 Å².